The lowest BCUT2D eigenvalue weighted by Crippen LogP contribution is -2.38. The highest BCUT2D eigenvalue weighted by atomic mass is 16.3. The van der Waals surface area contributed by atoms with Crippen LogP contribution in [0.15, 0.2) is 42.0 Å². The molecule has 0 aliphatic heterocycles. The smallest absolute Gasteiger partial charge is 0.226 e. The van der Waals surface area contributed by atoms with Crippen molar-refractivity contribution in [1.82, 2.24) is 4.90 Å². The SMILES string of the molecule is CC(C)=CCC(=O)N(C)[C@@H](C)[C@@H](O)c1ccccc1. The number of allylic oxidation sites excluding steroid dienone is 1. The quantitative estimate of drug-likeness (QED) is 0.828. The van der Waals surface area contributed by atoms with Gasteiger partial charge in [-0.05, 0) is 26.3 Å². The standard InChI is InChI=1S/C16H23NO2/c1-12(2)10-11-15(18)17(4)13(3)16(19)14-8-6-5-7-9-14/h5-10,13,16,19H,11H2,1-4H3/t13-,16+/m0/s1. The van der Waals surface area contributed by atoms with Crippen LogP contribution in [0, 0.1) is 0 Å². The Bertz CT molecular complexity index is 435. The molecule has 3 nitrogen and oxygen atoms in total. The first-order valence-electron chi connectivity index (χ1n) is 6.55. The highest BCUT2D eigenvalue weighted by Crippen LogP contribution is 2.20. The first kappa shape index (κ1) is 15.4. The molecule has 1 rings (SSSR count). The molecule has 104 valence electrons. The van der Waals surface area contributed by atoms with Crippen LogP contribution in [0.25, 0.3) is 0 Å². The summed E-state index contributed by atoms with van der Waals surface area (Å²) in [4.78, 5) is 13.6. The maximum Gasteiger partial charge on any atom is 0.226 e. The first-order chi connectivity index (χ1) is 8.93. The number of hydrogen-bond donors (Lipinski definition) is 1. The van der Waals surface area contributed by atoms with Crippen molar-refractivity contribution in [3.63, 3.8) is 0 Å². The monoisotopic (exact) mass is 261 g/mol. The van der Waals surface area contributed by atoms with Crippen molar-refractivity contribution < 1.29 is 9.90 Å². The van der Waals surface area contributed by atoms with E-state index in [1.165, 1.54) is 0 Å². The van der Waals surface area contributed by atoms with Crippen molar-refractivity contribution in [2.24, 2.45) is 0 Å². The van der Waals surface area contributed by atoms with Gasteiger partial charge in [0, 0.05) is 13.5 Å². The molecule has 1 amide bonds. The highest BCUT2D eigenvalue weighted by molar-refractivity contribution is 5.77. The predicted molar refractivity (Wildman–Crippen MR) is 77.7 cm³/mol. The molecule has 2 atom stereocenters. The molecule has 0 radical (unpaired) electrons. The first-order valence-corrected chi connectivity index (χ1v) is 6.55. The van der Waals surface area contributed by atoms with Gasteiger partial charge in [0.2, 0.25) is 5.91 Å². The lowest BCUT2D eigenvalue weighted by molar-refractivity contribution is -0.133. The number of amides is 1. The second-order valence-corrected chi connectivity index (χ2v) is 5.09. The molecule has 0 aliphatic carbocycles. The van der Waals surface area contributed by atoms with E-state index >= 15 is 0 Å². The largest absolute Gasteiger partial charge is 0.386 e. The minimum absolute atomic E-state index is 0.0173. The van der Waals surface area contributed by atoms with Crippen LogP contribution in [0.1, 0.15) is 38.9 Å². The van der Waals surface area contributed by atoms with Gasteiger partial charge in [0.15, 0.2) is 0 Å². The maximum atomic E-state index is 12.0. The second kappa shape index (κ2) is 7.10. The number of benzene rings is 1. The van der Waals surface area contributed by atoms with Gasteiger partial charge in [0.25, 0.3) is 0 Å². The van der Waals surface area contributed by atoms with E-state index < -0.39 is 6.10 Å². The molecule has 3 heteroatoms. The summed E-state index contributed by atoms with van der Waals surface area (Å²) < 4.78 is 0. The molecule has 0 spiro atoms. The topological polar surface area (TPSA) is 40.5 Å². The van der Waals surface area contributed by atoms with E-state index in [0.29, 0.717) is 6.42 Å². The van der Waals surface area contributed by atoms with Crippen LogP contribution < -0.4 is 0 Å². The normalized spacial score (nSPS) is 13.5. The van der Waals surface area contributed by atoms with Crippen molar-refractivity contribution in [2.75, 3.05) is 7.05 Å². The van der Waals surface area contributed by atoms with Crippen molar-refractivity contribution >= 4 is 5.91 Å². The predicted octanol–water partition coefficient (Wildman–Crippen LogP) is 2.92. The van der Waals surface area contributed by atoms with Crippen LogP contribution in [0.4, 0.5) is 0 Å². The van der Waals surface area contributed by atoms with Gasteiger partial charge in [-0.25, -0.2) is 0 Å². The molecular weight excluding hydrogens is 238 g/mol. The third kappa shape index (κ3) is 4.52. The Balaban J connectivity index is 2.69. The van der Waals surface area contributed by atoms with E-state index in [4.69, 9.17) is 0 Å². The number of rotatable bonds is 5. The molecule has 0 fully saturated rings. The summed E-state index contributed by atoms with van der Waals surface area (Å²) in [6.07, 6.45) is 1.62. The van der Waals surface area contributed by atoms with Crippen LogP contribution >= 0.6 is 0 Å². The molecule has 19 heavy (non-hydrogen) atoms. The molecule has 1 aromatic rings. The molecule has 0 bridgehead atoms. The van der Waals surface area contributed by atoms with Gasteiger partial charge in [-0.1, -0.05) is 42.0 Å². The van der Waals surface area contributed by atoms with Crippen LogP contribution in [0.5, 0.6) is 0 Å². The summed E-state index contributed by atoms with van der Waals surface area (Å²) in [6, 6.07) is 9.17. The van der Waals surface area contributed by atoms with Gasteiger partial charge < -0.3 is 10.0 Å². The average molecular weight is 261 g/mol. The van der Waals surface area contributed by atoms with E-state index in [2.05, 4.69) is 0 Å². The Morgan fingerprint density at radius 3 is 2.42 bits per heavy atom. The van der Waals surface area contributed by atoms with Crippen molar-refractivity contribution in [2.45, 2.75) is 39.3 Å². The van der Waals surface area contributed by atoms with Crippen molar-refractivity contribution in [3.8, 4) is 0 Å². The molecule has 0 heterocycles. The summed E-state index contributed by atoms with van der Waals surface area (Å²) in [7, 11) is 1.73. The van der Waals surface area contributed by atoms with Gasteiger partial charge in [-0.2, -0.15) is 0 Å². The Morgan fingerprint density at radius 2 is 1.89 bits per heavy atom. The number of aliphatic hydroxyl groups excluding tert-OH is 1. The summed E-state index contributed by atoms with van der Waals surface area (Å²) in [5, 5.41) is 10.3. The third-order valence-electron chi connectivity index (χ3n) is 3.29. The zero-order valence-electron chi connectivity index (χ0n) is 12.1. The number of carbonyl (C=O) groups is 1. The van der Waals surface area contributed by atoms with E-state index in [9.17, 15) is 9.90 Å². The second-order valence-electron chi connectivity index (χ2n) is 5.09. The van der Waals surface area contributed by atoms with E-state index in [1.807, 2.05) is 57.2 Å². The number of hydrogen-bond acceptors (Lipinski definition) is 2. The van der Waals surface area contributed by atoms with Gasteiger partial charge in [0.05, 0.1) is 12.1 Å². The average Bonchev–Trinajstić information content (AvgIpc) is 2.43. The van der Waals surface area contributed by atoms with E-state index in [1.54, 1.807) is 11.9 Å². The molecular formula is C16H23NO2. The molecule has 0 unspecified atom stereocenters. The van der Waals surface area contributed by atoms with Crippen molar-refractivity contribution in [3.05, 3.63) is 47.5 Å². The zero-order chi connectivity index (χ0) is 14.4. The third-order valence-corrected chi connectivity index (χ3v) is 3.29. The fraction of sp³-hybridized carbons (Fsp3) is 0.438. The molecule has 0 aliphatic rings. The highest BCUT2D eigenvalue weighted by Gasteiger charge is 2.23. The lowest BCUT2D eigenvalue weighted by Gasteiger charge is -2.29. The number of nitrogens with zero attached hydrogens (tertiary/aromatic N) is 1. The zero-order valence-corrected chi connectivity index (χ0v) is 12.1. The minimum atomic E-state index is -0.665. The van der Waals surface area contributed by atoms with Crippen molar-refractivity contribution in [1.29, 1.82) is 0 Å². The molecule has 1 N–H and O–H groups in total. The fourth-order valence-corrected chi connectivity index (χ4v) is 1.80. The number of likely N-dealkylation sites (N-methyl/N-ethyl adjacent to an activating group) is 1. The lowest BCUT2D eigenvalue weighted by atomic mass is 10.0. The van der Waals surface area contributed by atoms with Crippen LogP contribution in [-0.4, -0.2) is 29.0 Å². The Labute approximate surface area is 115 Å². The van der Waals surface area contributed by atoms with Crippen LogP contribution in [0.2, 0.25) is 0 Å². The van der Waals surface area contributed by atoms with Gasteiger partial charge in [-0.3, -0.25) is 4.79 Å². The Hall–Kier alpha value is -1.61. The number of aliphatic hydroxyl groups is 1. The minimum Gasteiger partial charge on any atom is -0.386 e. The molecule has 0 saturated heterocycles. The van der Waals surface area contributed by atoms with Crippen LogP contribution in [0.3, 0.4) is 0 Å². The van der Waals surface area contributed by atoms with E-state index in [-0.39, 0.29) is 11.9 Å². The summed E-state index contributed by atoms with van der Waals surface area (Å²) in [5.41, 5.74) is 1.95. The summed E-state index contributed by atoms with van der Waals surface area (Å²) >= 11 is 0. The molecule has 0 aromatic heterocycles. The number of carbonyl (C=O) groups excluding carboxylic acids is 1. The van der Waals surface area contributed by atoms with E-state index in [0.717, 1.165) is 11.1 Å². The summed E-state index contributed by atoms with van der Waals surface area (Å²) in [6.45, 7) is 5.79. The Kier molecular flexibility index (Phi) is 5.77. The maximum absolute atomic E-state index is 12.0. The summed E-state index contributed by atoms with van der Waals surface area (Å²) in [5.74, 6) is 0.0173. The molecule has 1 aromatic carbocycles. The molecule has 0 saturated carbocycles. The fourth-order valence-electron chi connectivity index (χ4n) is 1.80. The van der Waals surface area contributed by atoms with Gasteiger partial charge in [0.1, 0.15) is 0 Å². The Morgan fingerprint density at radius 1 is 1.32 bits per heavy atom. The van der Waals surface area contributed by atoms with Gasteiger partial charge >= 0.3 is 0 Å². The van der Waals surface area contributed by atoms with Crippen LogP contribution in [-0.2, 0) is 4.79 Å². The van der Waals surface area contributed by atoms with Gasteiger partial charge in [-0.15, -0.1) is 0 Å².